The van der Waals surface area contributed by atoms with Crippen LogP contribution in [0.25, 0.3) is 0 Å². The molecule has 1 rings (SSSR count). The number of rotatable bonds is 9. The largest absolute Gasteiger partial charge is 0.317 e. The van der Waals surface area contributed by atoms with Crippen LogP contribution in [0, 0.1) is 11.3 Å². The fourth-order valence-electron chi connectivity index (χ4n) is 2.43. The van der Waals surface area contributed by atoms with Crippen LogP contribution < -0.4 is 10.6 Å². The lowest BCUT2D eigenvalue weighted by atomic mass is 9.84. The monoisotopic (exact) mass is 240 g/mol. The first-order chi connectivity index (χ1) is 7.97. The molecular formula is C15H32N2. The van der Waals surface area contributed by atoms with Crippen molar-refractivity contribution < 1.29 is 0 Å². The summed E-state index contributed by atoms with van der Waals surface area (Å²) in [7, 11) is 0. The van der Waals surface area contributed by atoms with Gasteiger partial charge in [-0.15, -0.1) is 0 Å². The zero-order chi connectivity index (χ0) is 12.7. The summed E-state index contributed by atoms with van der Waals surface area (Å²) in [5.41, 5.74) is 0.480. The SMILES string of the molecule is CC(CCNCCCNC1CC1)CC(C)(C)C. The van der Waals surface area contributed by atoms with Crippen LogP contribution in [0.1, 0.15) is 59.8 Å². The molecule has 1 aliphatic rings. The predicted octanol–water partition coefficient (Wildman–Crippen LogP) is 3.18. The summed E-state index contributed by atoms with van der Waals surface area (Å²) in [5.74, 6) is 0.840. The van der Waals surface area contributed by atoms with Gasteiger partial charge in [0.2, 0.25) is 0 Å². The van der Waals surface area contributed by atoms with Gasteiger partial charge in [-0.3, -0.25) is 0 Å². The fourth-order valence-corrected chi connectivity index (χ4v) is 2.43. The van der Waals surface area contributed by atoms with E-state index in [9.17, 15) is 0 Å². The lowest BCUT2D eigenvalue weighted by molar-refractivity contribution is 0.294. The highest BCUT2D eigenvalue weighted by molar-refractivity contribution is 4.80. The fraction of sp³-hybridized carbons (Fsp3) is 1.00. The van der Waals surface area contributed by atoms with Crippen LogP contribution in [0.4, 0.5) is 0 Å². The number of nitrogens with one attached hydrogen (secondary N) is 2. The summed E-state index contributed by atoms with van der Waals surface area (Å²) >= 11 is 0. The van der Waals surface area contributed by atoms with Crippen LogP contribution in [-0.4, -0.2) is 25.7 Å². The zero-order valence-electron chi connectivity index (χ0n) is 12.3. The first-order valence-corrected chi connectivity index (χ1v) is 7.41. The molecule has 0 bridgehead atoms. The molecule has 0 aromatic rings. The molecule has 0 radical (unpaired) electrons. The van der Waals surface area contributed by atoms with Crippen LogP contribution in [0.15, 0.2) is 0 Å². The van der Waals surface area contributed by atoms with E-state index in [1.165, 1.54) is 51.7 Å². The van der Waals surface area contributed by atoms with Gasteiger partial charge >= 0.3 is 0 Å². The van der Waals surface area contributed by atoms with Crippen molar-refractivity contribution in [1.29, 1.82) is 0 Å². The van der Waals surface area contributed by atoms with Crippen LogP contribution in [0.2, 0.25) is 0 Å². The Morgan fingerprint density at radius 2 is 1.82 bits per heavy atom. The number of hydrogen-bond donors (Lipinski definition) is 2. The van der Waals surface area contributed by atoms with E-state index in [2.05, 4.69) is 38.3 Å². The maximum absolute atomic E-state index is 3.56. The van der Waals surface area contributed by atoms with E-state index in [-0.39, 0.29) is 0 Å². The summed E-state index contributed by atoms with van der Waals surface area (Å²) in [4.78, 5) is 0. The van der Waals surface area contributed by atoms with Crippen LogP contribution in [0.5, 0.6) is 0 Å². The van der Waals surface area contributed by atoms with E-state index in [0.717, 1.165) is 12.0 Å². The second-order valence-corrected chi connectivity index (χ2v) is 6.99. The van der Waals surface area contributed by atoms with Gasteiger partial charge in [0.15, 0.2) is 0 Å². The van der Waals surface area contributed by atoms with Crippen molar-refractivity contribution in [2.45, 2.75) is 65.8 Å². The van der Waals surface area contributed by atoms with Gasteiger partial charge in [0.05, 0.1) is 0 Å². The van der Waals surface area contributed by atoms with Crippen molar-refractivity contribution in [3.8, 4) is 0 Å². The van der Waals surface area contributed by atoms with Crippen molar-refractivity contribution in [1.82, 2.24) is 10.6 Å². The topological polar surface area (TPSA) is 24.1 Å². The Kier molecular flexibility index (Phi) is 6.50. The molecule has 0 heterocycles. The Morgan fingerprint density at radius 1 is 1.12 bits per heavy atom. The van der Waals surface area contributed by atoms with Gasteiger partial charge in [0.25, 0.3) is 0 Å². The van der Waals surface area contributed by atoms with E-state index < -0.39 is 0 Å². The normalized spacial score (nSPS) is 18.4. The molecule has 2 N–H and O–H groups in total. The standard InChI is InChI=1S/C15H32N2/c1-13(12-15(2,3)4)8-11-16-9-5-10-17-14-6-7-14/h13-14,16-17H,5-12H2,1-4H3. The van der Waals surface area contributed by atoms with Crippen molar-refractivity contribution in [2.24, 2.45) is 11.3 Å². The van der Waals surface area contributed by atoms with Crippen LogP contribution >= 0.6 is 0 Å². The molecule has 2 nitrogen and oxygen atoms in total. The minimum absolute atomic E-state index is 0.480. The van der Waals surface area contributed by atoms with Crippen LogP contribution in [-0.2, 0) is 0 Å². The minimum Gasteiger partial charge on any atom is -0.317 e. The van der Waals surface area contributed by atoms with Crippen molar-refractivity contribution in [2.75, 3.05) is 19.6 Å². The molecule has 0 aliphatic heterocycles. The summed E-state index contributed by atoms with van der Waals surface area (Å²) in [6, 6.07) is 0.863. The lowest BCUT2D eigenvalue weighted by Crippen LogP contribution is -2.25. The van der Waals surface area contributed by atoms with E-state index in [0.29, 0.717) is 5.41 Å². The molecular weight excluding hydrogens is 208 g/mol. The quantitative estimate of drug-likeness (QED) is 0.605. The van der Waals surface area contributed by atoms with E-state index in [1.807, 2.05) is 0 Å². The maximum atomic E-state index is 3.56. The van der Waals surface area contributed by atoms with E-state index in [4.69, 9.17) is 0 Å². The first kappa shape index (κ1) is 15.0. The Labute approximate surface area is 108 Å². The predicted molar refractivity (Wildman–Crippen MR) is 76.4 cm³/mol. The third-order valence-electron chi connectivity index (χ3n) is 3.32. The molecule has 1 saturated carbocycles. The Morgan fingerprint density at radius 3 is 2.41 bits per heavy atom. The second-order valence-electron chi connectivity index (χ2n) is 6.99. The van der Waals surface area contributed by atoms with Crippen LogP contribution in [0.3, 0.4) is 0 Å². The Balaban J connectivity index is 1.82. The second kappa shape index (κ2) is 7.38. The highest BCUT2D eigenvalue weighted by atomic mass is 14.9. The summed E-state index contributed by atoms with van der Waals surface area (Å²) in [5, 5.41) is 7.10. The minimum atomic E-state index is 0.480. The summed E-state index contributed by atoms with van der Waals surface area (Å²) in [6.07, 6.45) is 6.71. The molecule has 1 atom stereocenters. The maximum Gasteiger partial charge on any atom is 0.00682 e. The summed E-state index contributed by atoms with van der Waals surface area (Å²) < 4.78 is 0. The van der Waals surface area contributed by atoms with Gasteiger partial charge in [-0.25, -0.2) is 0 Å². The highest BCUT2D eigenvalue weighted by Crippen LogP contribution is 2.25. The zero-order valence-corrected chi connectivity index (χ0v) is 12.3. The molecule has 1 aliphatic carbocycles. The van der Waals surface area contributed by atoms with Gasteiger partial charge in [-0.05, 0) is 63.1 Å². The molecule has 17 heavy (non-hydrogen) atoms. The van der Waals surface area contributed by atoms with E-state index >= 15 is 0 Å². The Bertz CT molecular complexity index is 192. The van der Waals surface area contributed by atoms with Crippen molar-refractivity contribution in [3.63, 3.8) is 0 Å². The van der Waals surface area contributed by atoms with Gasteiger partial charge in [0.1, 0.15) is 0 Å². The molecule has 1 fully saturated rings. The molecule has 102 valence electrons. The number of hydrogen-bond acceptors (Lipinski definition) is 2. The first-order valence-electron chi connectivity index (χ1n) is 7.41. The smallest absolute Gasteiger partial charge is 0.00682 e. The molecule has 1 unspecified atom stereocenters. The molecule has 0 aromatic carbocycles. The third kappa shape index (κ3) is 9.61. The molecule has 0 aromatic heterocycles. The van der Waals surface area contributed by atoms with E-state index in [1.54, 1.807) is 0 Å². The summed E-state index contributed by atoms with van der Waals surface area (Å²) in [6.45, 7) is 12.9. The van der Waals surface area contributed by atoms with Gasteiger partial charge < -0.3 is 10.6 Å². The average Bonchev–Trinajstić information content (AvgIpc) is 2.97. The van der Waals surface area contributed by atoms with Gasteiger partial charge in [-0.2, -0.15) is 0 Å². The highest BCUT2D eigenvalue weighted by Gasteiger charge is 2.19. The third-order valence-corrected chi connectivity index (χ3v) is 3.32. The molecule has 0 saturated heterocycles. The average molecular weight is 240 g/mol. The molecule has 2 heteroatoms. The molecule has 0 spiro atoms. The molecule has 0 amide bonds. The lowest BCUT2D eigenvalue weighted by Gasteiger charge is -2.23. The van der Waals surface area contributed by atoms with Crippen molar-refractivity contribution >= 4 is 0 Å². The Hall–Kier alpha value is -0.0800. The van der Waals surface area contributed by atoms with Crippen molar-refractivity contribution in [3.05, 3.63) is 0 Å². The van der Waals surface area contributed by atoms with Gasteiger partial charge in [0, 0.05) is 6.04 Å². The van der Waals surface area contributed by atoms with Gasteiger partial charge in [-0.1, -0.05) is 27.7 Å².